The van der Waals surface area contributed by atoms with Crippen molar-refractivity contribution in [3.63, 3.8) is 0 Å². The molecule has 1 aromatic carbocycles. The van der Waals surface area contributed by atoms with E-state index in [0.29, 0.717) is 17.1 Å². The molecule has 2 aliphatic heterocycles. The lowest BCUT2D eigenvalue weighted by Crippen LogP contribution is -2.45. The third kappa shape index (κ3) is 1.65. The molecule has 0 saturated carbocycles. The molecule has 0 radical (unpaired) electrons. The van der Waals surface area contributed by atoms with Crippen LogP contribution in [0.5, 0.6) is 0 Å². The number of halogens is 2. The number of carbonyl (C=O) groups is 1. The second-order valence-corrected chi connectivity index (χ2v) is 6.01. The summed E-state index contributed by atoms with van der Waals surface area (Å²) < 4.78 is 1.75. The highest BCUT2D eigenvalue weighted by Crippen LogP contribution is 2.41. The van der Waals surface area contributed by atoms with E-state index >= 15 is 0 Å². The summed E-state index contributed by atoms with van der Waals surface area (Å²) in [6.07, 6.45) is 0. The number of aryl methyl sites for hydroxylation is 1. The van der Waals surface area contributed by atoms with Crippen molar-refractivity contribution in [1.29, 1.82) is 0 Å². The van der Waals surface area contributed by atoms with Crippen LogP contribution in [0.1, 0.15) is 27.4 Å². The maximum Gasteiger partial charge on any atom is 0.255 e. The summed E-state index contributed by atoms with van der Waals surface area (Å²) in [5.74, 6) is 0.265. The van der Waals surface area contributed by atoms with E-state index in [0.717, 1.165) is 17.7 Å². The van der Waals surface area contributed by atoms with Gasteiger partial charge in [-0.3, -0.25) is 4.79 Å². The molecule has 5 heteroatoms. The third-order valence-electron chi connectivity index (χ3n) is 3.94. The second kappa shape index (κ2) is 4.12. The summed E-state index contributed by atoms with van der Waals surface area (Å²) in [6.45, 7) is 3.47. The maximum absolute atomic E-state index is 12.4. The Morgan fingerprint density at radius 2 is 2.06 bits per heavy atom. The van der Waals surface area contributed by atoms with Crippen molar-refractivity contribution in [2.24, 2.45) is 0 Å². The molecule has 2 heterocycles. The van der Waals surface area contributed by atoms with Crippen molar-refractivity contribution < 1.29 is 4.79 Å². The number of carbonyl (C=O) groups excluding carboxylic acids is 1. The molecule has 0 aliphatic carbocycles. The lowest BCUT2D eigenvalue weighted by Gasteiger charge is -2.36. The van der Waals surface area contributed by atoms with Gasteiger partial charge in [0.15, 0.2) is 0 Å². The van der Waals surface area contributed by atoms with Crippen molar-refractivity contribution in [1.82, 2.24) is 9.32 Å². The predicted octanol–water partition coefficient (Wildman–Crippen LogP) is 2.66. The van der Waals surface area contributed by atoms with Crippen molar-refractivity contribution in [3.05, 3.63) is 33.8 Å². The van der Waals surface area contributed by atoms with E-state index < -0.39 is 0 Å². The quantitative estimate of drug-likeness (QED) is 0.684. The predicted molar refractivity (Wildman–Crippen MR) is 72.2 cm³/mol. The average Bonchev–Trinajstić information content (AvgIpc) is 2.67. The van der Waals surface area contributed by atoms with E-state index in [4.69, 9.17) is 23.4 Å². The van der Waals surface area contributed by atoms with E-state index in [1.54, 1.807) is 9.32 Å². The van der Waals surface area contributed by atoms with Crippen LogP contribution in [0.3, 0.4) is 0 Å². The highest BCUT2D eigenvalue weighted by molar-refractivity contribution is 6.34. The van der Waals surface area contributed by atoms with E-state index in [-0.39, 0.29) is 17.9 Å². The minimum absolute atomic E-state index is 0.00298. The Hall–Kier alpha value is -0.770. The molecule has 0 spiro atoms. The molecular weight excluding hydrogens is 271 g/mol. The minimum Gasteiger partial charge on any atom is -0.337 e. The minimum atomic E-state index is 0.00298. The van der Waals surface area contributed by atoms with Crippen LogP contribution in [-0.4, -0.2) is 41.4 Å². The lowest BCUT2D eigenvalue weighted by molar-refractivity contribution is 0.0704. The Labute approximate surface area is 116 Å². The molecule has 96 valence electrons. The van der Waals surface area contributed by atoms with Crippen molar-refractivity contribution in [2.45, 2.75) is 18.9 Å². The van der Waals surface area contributed by atoms with E-state index in [9.17, 15) is 4.79 Å². The first kappa shape index (κ1) is 12.3. The molecule has 2 aliphatic rings. The number of rotatable bonds is 0. The molecule has 1 fully saturated rings. The lowest BCUT2D eigenvalue weighted by atomic mass is 9.84. The number of amides is 1. The van der Waals surface area contributed by atoms with Crippen LogP contribution in [0.15, 0.2) is 12.1 Å². The number of benzene rings is 1. The van der Waals surface area contributed by atoms with E-state index in [2.05, 4.69) is 6.07 Å². The van der Waals surface area contributed by atoms with Gasteiger partial charge in [-0.1, -0.05) is 17.7 Å². The molecule has 0 N–H and O–H groups in total. The van der Waals surface area contributed by atoms with Gasteiger partial charge in [-0.05, 0) is 35.9 Å². The Morgan fingerprint density at radius 1 is 1.33 bits per heavy atom. The number of hydrogen-bond donors (Lipinski definition) is 0. The van der Waals surface area contributed by atoms with E-state index in [1.807, 2.05) is 20.0 Å². The Morgan fingerprint density at radius 3 is 2.78 bits per heavy atom. The van der Waals surface area contributed by atoms with Crippen LogP contribution >= 0.6 is 23.4 Å². The largest absolute Gasteiger partial charge is 0.337 e. The molecule has 1 aromatic rings. The van der Waals surface area contributed by atoms with Crippen molar-refractivity contribution >= 4 is 29.3 Å². The zero-order valence-corrected chi connectivity index (χ0v) is 11.8. The topological polar surface area (TPSA) is 23.6 Å². The number of fused-ring (bicyclic) bond motifs is 3. The van der Waals surface area contributed by atoms with Gasteiger partial charge in [0.05, 0.1) is 16.6 Å². The maximum atomic E-state index is 12.4. The highest BCUT2D eigenvalue weighted by atomic mass is 35.5. The van der Waals surface area contributed by atoms with Crippen molar-refractivity contribution in [3.8, 4) is 0 Å². The summed E-state index contributed by atoms with van der Waals surface area (Å²) in [5, 5.41) is 0.549. The molecule has 18 heavy (non-hydrogen) atoms. The summed E-state index contributed by atoms with van der Waals surface area (Å²) in [6, 6.07) is 4.07. The molecular formula is C13H14Cl2N2O. The third-order valence-corrected chi connectivity index (χ3v) is 4.51. The molecule has 3 nitrogen and oxygen atoms in total. The summed E-state index contributed by atoms with van der Waals surface area (Å²) >= 11 is 12.3. The number of hydrogen-bond acceptors (Lipinski definition) is 2. The summed E-state index contributed by atoms with van der Waals surface area (Å²) in [7, 11) is 1.83. The van der Waals surface area contributed by atoms with Crippen LogP contribution in [0, 0.1) is 6.92 Å². The van der Waals surface area contributed by atoms with Gasteiger partial charge in [-0.15, -0.1) is 0 Å². The van der Waals surface area contributed by atoms with Gasteiger partial charge in [0.25, 0.3) is 5.91 Å². The Kier molecular flexibility index (Phi) is 2.81. The molecule has 0 aromatic heterocycles. The molecule has 1 saturated heterocycles. The van der Waals surface area contributed by atoms with Crippen LogP contribution in [0.2, 0.25) is 5.02 Å². The van der Waals surface area contributed by atoms with Gasteiger partial charge < -0.3 is 4.90 Å². The standard InChI is InChI=1S/C13H14Cl2N2O/c1-7-3-8-9-5-17(15)6-11(9)16(2)13(18)12(8)10(14)4-7/h3-4,9,11H,5-6H2,1-2H3/t9-,11+/m1/s1. The average molecular weight is 285 g/mol. The fourth-order valence-corrected chi connectivity index (χ4v) is 3.70. The molecule has 0 unspecified atom stereocenters. The fraction of sp³-hybridized carbons (Fsp3) is 0.462. The smallest absolute Gasteiger partial charge is 0.255 e. The molecule has 1 amide bonds. The van der Waals surface area contributed by atoms with Crippen LogP contribution in [-0.2, 0) is 0 Å². The fourth-order valence-electron chi connectivity index (χ4n) is 3.05. The van der Waals surface area contributed by atoms with E-state index in [1.165, 1.54) is 0 Å². The van der Waals surface area contributed by atoms with Crippen molar-refractivity contribution in [2.75, 3.05) is 20.1 Å². The Balaban J connectivity index is 2.20. The van der Waals surface area contributed by atoms with Gasteiger partial charge in [0, 0.05) is 26.1 Å². The van der Waals surface area contributed by atoms with Gasteiger partial charge in [-0.25, -0.2) is 4.42 Å². The highest BCUT2D eigenvalue weighted by Gasteiger charge is 2.44. The van der Waals surface area contributed by atoms with Gasteiger partial charge >= 0.3 is 0 Å². The normalized spacial score (nSPS) is 27.3. The monoisotopic (exact) mass is 284 g/mol. The second-order valence-electron chi connectivity index (χ2n) is 5.13. The summed E-state index contributed by atoms with van der Waals surface area (Å²) in [5.41, 5.74) is 2.79. The van der Waals surface area contributed by atoms with Crippen LogP contribution < -0.4 is 0 Å². The van der Waals surface area contributed by atoms with Gasteiger partial charge in [0.1, 0.15) is 0 Å². The Bertz CT molecular complexity index is 532. The zero-order valence-electron chi connectivity index (χ0n) is 10.3. The first-order valence-electron chi connectivity index (χ1n) is 5.97. The molecule has 0 bridgehead atoms. The summed E-state index contributed by atoms with van der Waals surface area (Å²) in [4.78, 5) is 14.2. The van der Waals surface area contributed by atoms with Gasteiger partial charge in [0.2, 0.25) is 0 Å². The van der Waals surface area contributed by atoms with Crippen LogP contribution in [0.25, 0.3) is 0 Å². The first-order valence-corrected chi connectivity index (χ1v) is 6.68. The van der Waals surface area contributed by atoms with Gasteiger partial charge in [-0.2, -0.15) is 0 Å². The number of nitrogens with zero attached hydrogens (tertiary/aromatic N) is 2. The zero-order chi connectivity index (χ0) is 13.0. The molecule has 2 atom stereocenters. The number of likely N-dealkylation sites (N-methyl/N-ethyl adjacent to an activating group) is 1. The van der Waals surface area contributed by atoms with Crippen LogP contribution in [0.4, 0.5) is 0 Å². The first-order chi connectivity index (χ1) is 8.49. The SMILES string of the molecule is Cc1cc(Cl)c2c(c1)[C@H]1CN(Cl)C[C@@H]1N(C)C2=O. The molecule has 3 rings (SSSR count).